The fourth-order valence-corrected chi connectivity index (χ4v) is 4.07. The van der Waals surface area contributed by atoms with Crippen molar-refractivity contribution < 1.29 is 19.1 Å². The molecular formula is C26H29N3O4. The number of nitrogens with zero attached hydrogens (tertiary/aromatic N) is 2. The van der Waals surface area contributed by atoms with Gasteiger partial charge in [-0.2, -0.15) is 0 Å². The molecule has 1 saturated heterocycles. The number of benzene rings is 2. The van der Waals surface area contributed by atoms with Crippen molar-refractivity contribution in [1.82, 2.24) is 9.88 Å². The highest BCUT2D eigenvalue weighted by molar-refractivity contribution is 6.19. The topological polar surface area (TPSA) is 82.7 Å². The van der Waals surface area contributed by atoms with Crippen LogP contribution in [0.4, 0.5) is 10.5 Å². The van der Waals surface area contributed by atoms with Crippen LogP contribution in [-0.2, 0) is 21.5 Å². The third-order valence-corrected chi connectivity index (χ3v) is 5.93. The fourth-order valence-electron chi connectivity index (χ4n) is 4.07. The largest absolute Gasteiger partial charge is 0.461 e. The van der Waals surface area contributed by atoms with Crippen molar-refractivity contribution in [2.75, 3.05) is 18.1 Å². The second kappa shape index (κ2) is 8.39. The predicted molar refractivity (Wildman–Crippen MR) is 127 cm³/mol. The predicted octanol–water partition coefficient (Wildman–Crippen LogP) is 4.92. The molecule has 0 saturated carbocycles. The molecule has 2 heterocycles. The van der Waals surface area contributed by atoms with Gasteiger partial charge in [0.1, 0.15) is 12.2 Å². The van der Waals surface area contributed by atoms with E-state index in [-0.39, 0.29) is 31.0 Å². The van der Waals surface area contributed by atoms with Crippen LogP contribution in [0.3, 0.4) is 0 Å². The summed E-state index contributed by atoms with van der Waals surface area (Å²) in [5.41, 5.74) is 4.35. The summed E-state index contributed by atoms with van der Waals surface area (Å²) >= 11 is 0. The lowest BCUT2D eigenvalue weighted by molar-refractivity contribution is -0.116. The number of rotatable bonds is 5. The zero-order valence-corrected chi connectivity index (χ0v) is 19.7. The molecule has 7 heteroatoms. The average Bonchev–Trinajstić information content (AvgIpc) is 3.25. The van der Waals surface area contributed by atoms with Gasteiger partial charge in [0.05, 0.1) is 18.8 Å². The molecule has 0 unspecified atom stereocenters. The van der Waals surface area contributed by atoms with Crippen molar-refractivity contribution in [3.05, 3.63) is 64.8 Å². The minimum Gasteiger partial charge on any atom is -0.461 e. The van der Waals surface area contributed by atoms with Gasteiger partial charge < -0.3 is 14.6 Å². The zero-order chi connectivity index (χ0) is 23.9. The minimum absolute atomic E-state index is 0.0550. The lowest BCUT2D eigenvalue weighted by Gasteiger charge is -2.20. The van der Waals surface area contributed by atoms with Crippen LogP contribution in [0.15, 0.2) is 42.5 Å². The summed E-state index contributed by atoms with van der Waals surface area (Å²) in [6.07, 6.45) is 0. The molecule has 1 aromatic heterocycles. The summed E-state index contributed by atoms with van der Waals surface area (Å²) in [4.78, 5) is 44.5. The van der Waals surface area contributed by atoms with Gasteiger partial charge in [0.25, 0.3) is 5.91 Å². The molecule has 33 heavy (non-hydrogen) atoms. The maximum absolute atomic E-state index is 13.2. The second-order valence-electron chi connectivity index (χ2n) is 9.41. The summed E-state index contributed by atoms with van der Waals surface area (Å²) in [6.45, 7) is 10.4. The Balaban J connectivity index is 1.74. The molecule has 4 rings (SSSR count). The number of aromatic amines is 1. The number of amides is 3. The number of esters is 1. The van der Waals surface area contributed by atoms with Gasteiger partial charge in [-0.3, -0.25) is 4.79 Å². The molecule has 1 fully saturated rings. The molecule has 7 nitrogen and oxygen atoms in total. The highest BCUT2D eigenvalue weighted by Crippen LogP contribution is 2.32. The van der Waals surface area contributed by atoms with Gasteiger partial charge in [0, 0.05) is 16.5 Å². The Kier molecular flexibility index (Phi) is 5.74. The molecule has 172 valence electrons. The molecule has 2 aromatic carbocycles. The van der Waals surface area contributed by atoms with Crippen LogP contribution in [0.5, 0.6) is 0 Å². The maximum Gasteiger partial charge on any atom is 0.355 e. The number of hydrogen-bond donors (Lipinski definition) is 1. The van der Waals surface area contributed by atoms with E-state index in [0.717, 1.165) is 22.0 Å². The van der Waals surface area contributed by atoms with Crippen molar-refractivity contribution in [3.8, 4) is 0 Å². The van der Waals surface area contributed by atoms with E-state index in [9.17, 15) is 14.4 Å². The summed E-state index contributed by atoms with van der Waals surface area (Å²) in [5, 5.41) is 0.847. The highest BCUT2D eigenvalue weighted by Gasteiger charge is 2.38. The molecular weight excluding hydrogens is 418 g/mol. The summed E-state index contributed by atoms with van der Waals surface area (Å²) in [6, 6.07) is 12.9. The molecule has 0 radical (unpaired) electrons. The van der Waals surface area contributed by atoms with Gasteiger partial charge in [-0.1, -0.05) is 44.5 Å². The first-order chi connectivity index (χ1) is 15.6. The normalized spacial score (nSPS) is 14.5. The molecule has 1 N–H and O–H groups in total. The van der Waals surface area contributed by atoms with Crippen LogP contribution < -0.4 is 4.90 Å². The van der Waals surface area contributed by atoms with Crippen molar-refractivity contribution >= 4 is 34.5 Å². The fraction of sp³-hybridized carbons (Fsp3) is 0.346. The Labute approximate surface area is 193 Å². The minimum atomic E-state index is -0.477. The van der Waals surface area contributed by atoms with Gasteiger partial charge in [0.15, 0.2) is 0 Å². The standard InChI is InChI=1S/C26H29N3O4/c1-6-33-24(31)23-20(19-13-17(26(3,4)5)9-12-21(19)27-23)14-28-15-22(30)29(25(28)32)18-10-7-16(2)8-11-18/h7-13,27H,6,14-15H2,1-5H3. The first-order valence-electron chi connectivity index (χ1n) is 11.1. The SMILES string of the molecule is CCOC(=O)c1[nH]c2ccc(C(C)(C)C)cc2c1CN1CC(=O)N(c2ccc(C)cc2)C1=O. The third-order valence-electron chi connectivity index (χ3n) is 5.93. The van der Waals surface area contributed by atoms with Crippen molar-refractivity contribution in [1.29, 1.82) is 0 Å². The Morgan fingerprint density at radius 3 is 2.42 bits per heavy atom. The van der Waals surface area contributed by atoms with E-state index in [1.54, 1.807) is 19.1 Å². The van der Waals surface area contributed by atoms with Gasteiger partial charge in [-0.05, 0) is 49.1 Å². The van der Waals surface area contributed by atoms with Gasteiger partial charge in [-0.25, -0.2) is 14.5 Å². The van der Waals surface area contributed by atoms with E-state index in [0.29, 0.717) is 16.9 Å². The van der Waals surface area contributed by atoms with Crippen LogP contribution >= 0.6 is 0 Å². The van der Waals surface area contributed by atoms with Gasteiger partial charge in [-0.15, -0.1) is 0 Å². The smallest absolute Gasteiger partial charge is 0.355 e. The Morgan fingerprint density at radius 2 is 1.79 bits per heavy atom. The number of hydrogen-bond acceptors (Lipinski definition) is 4. The number of H-pyrrole nitrogens is 1. The average molecular weight is 448 g/mol. The molecule has 0 aliphatic carbocycles. The summed E-state index contributed by atoms with van der Waals surface area (Å²) < 4.78 is 5.26. The number of carbonyl (C=O) groups is 3. The second-order valence-corrected chi connectivity index (χ2v) is 9.41. The molecule has 0 atom stereocenters. The number of fused-ring (bicyclic) bond motifs is 1. The zero-order valence-electron chi connectivity index (χ0n) is 19.7. The van der Waals surface area contributed by atoms with E-state index in [1.165, 1.54) is 9.80 Å². The molecule has 1 aliphatic rings. The van der Waals surface area contributed by atoms with E-state index in [4.69, 9.17) is 4.74 Å². The lowest BCUT2D eigenvalue weighted by atomic mass is 9.86. The summed E-state index contributed by atoms with van der Waals surface area (Å²) in [5.74, 6) is -0.772. The molecule has 1 aliphatic heterocycles. The van der Waals surface area contributed by atoms with Gasteiger partial charge in [0.2, 0.25) is 0 Å². The van der Waals surface area contributed by atoms with E-state index < -0.39 is 12.0 Å². The van der Waals surface area contributed by atoms with Crippen LogP contribution in [0.25, 0.3) is 10.9 Å². The van der Waals surface area contributed by atoms with Crippen LogP contribution in [0.2, 0.25) is 0 Å². The third kappa shape index (κ3) is 4.23. The quantitative estimate of drug-likeness (QED) is 0.445. The number of aromatic nitrogens is 1. The molecule has 3 amide bonds. The van der Waals surface area contributed by atoms with Crippen LogP contribution in [0.1, 0.15) is 54.9 Å². The monoisotopic (exact) mass is 447 g/mol. The van der Waals surface area contributed by atoms with Crippen LogP contribution in [0, 0.1) is 6.92 Å². The number of anilines is 1. The number of aryl methyl sites for hydroxylation is 1. The maximum atomic E-state index is 13.2. The van der Waals surface area contributed by atoms with Crippen molar-refractivity contribution in [3.63, 3.8) is 0 Å². The summed E-state index contributed by atoms with van der Waals surface area (Å²) in [7, 11) is 0. The highest BCUT2D eigenvalue weighted by atomic mass is 16.5. The van der Waals surface area contributed by atoms with Crippen molar-refractivity contribution in [2.24, 2.45) is 0 Å². The van der Waals surface area contributed by atoms with Crippen molar-refractivity contribution in [2.45, 2.75) is 46.6 Å². The molecule has 3 aromatic rings. The Morgan fingerprint density at radius 1 is 1.09 bits per heavy atom. The van der Waals surface area contributed by atoms with Crippen LogP contribution in [-0.4, -0.2) is 40.9 Å². The number of imide groups is 1. The number of urea groups is 1. The first kappa shape index (κ1) is 22.6. The molecule has 0 spiro atoms. The number of ether oxygens (including phenoxy) is 1. The number of carbonyl (C=O) groups excluding carboxylic acids is 3. The first-order valence-corrected chi connectivity index (χ1v) is 11.1. The van der Waals surface area contributed by atoms with E-state index in [2.05, 4.69) is 25.8 Å². The van der Waals surface area contributed by atoms with E-state index >= 15 is 0 Å². The Hall–Kier alpha value is -3.61. The van der Waals surface area contributed by atoms with E-state index in [1.807, 2.05) is 37.3 Å². The number of nitrogens with one attached hydrogen (secondary N) is 1. The molecule has 0 bridgehead atoms. The van der Waals surface area contributed by atoms with Gasteiger partial charge >= 0.3 is 12.0 Å². The lowest BCUT2D eigenvalue weighted by Crippen LogP contribution is -2.33. The Bertz CT molecular complexity index is 1230.